The number of rotatable bonds is 6. The minimum atomic E-state index is 0.594. The van der Waals surface area contributed by atoms with Crippen LogP contribution in [0.4, 0.5) is 0 Å². The SMILES string of the molecule is CCCNCc1cn(Cc2ccc(Cl)cc2Cl)nn1. The number of halogens is 2. The monoisotopic (exact) mass is 298 g/mol. The number of nitrogens with zero attached hydrogens (tertiary/aromatic N) is 3. The van der Waals surface area contributed by atoms with E-state index in [4.69, 9.17) is 23.2 Å². The molecule has 0 atom stereocenters. The average Bonchev–Trinajstić information content (AvgIpc) is 2.81. The van der Waals surface area contributed by atoms with Gasteiger partial charge in [0.15, 0.2) is 0 Å². The van der Waals surface area contributed by atoms with Gasteiger partial charge in [-0.05, 0) is 30.7 Å². The fourth-order valence-electron chi connectivity index (χ4n) is 1.71. The first-order valence-corrected chi connectivity index (χ1v) is 6.98. The molecule has 0 saturated carbocycles. The number of aromatic nitrogens is 3. The van der Waals surface area contributed by atoms with E-state index in [0.717, 1.165) is 30.8 Å². The van der Waals surface area contributed by atoms with E-state index in [1.807, 2.05) is 18.3 Å². The molecule has 0 saturated heterocycles. The van der Waals surface area contributed by atoms with Crippen LogP contribution in [0.5, 0.6) is 0 Å². The lowest BCUT2D eigenvalue weighted by Gasteiger charge is -2.04. The Morgan fingerprint density at radius 3 is 2.89 bits per heavy atom. The van der Waals surface area contributed by atoms with Crippen molar-refractivity contribution in [3.05, 3.63) is 45.7 Å². The van der Waals surface area contributed by atoms with Gasteiger partial charge < -0.3 is 5.32 Å². The molecule has 2 aromatic rings. The van der Waals surface area contributed by atoms with E-state index in [1.54, 1.807) is 10.7 Å². The third-order valence-electron chi connectivity index (χ3n) is 2.67. The van der Waals surface area contributed by atoms with E-state index in [-0.39, 0.29) is 0 Å². The molecular formula is C13H16Cl2N4. The maximum Gasteiger partial charge on any atom is 0.0964 e. The summed E-state index contributed by atoms with van der Waals surface area (Å²) in [7, 11) is 0. The molecule has 0 bridgehead atoms. The molecule has 0 spiro atoms. The quantitative estimate of drug-likeness (QED) is 0.833. The molecule has 0 amide bonds. The summed E-state index contributed by atoms with van der Waals surface area (Å²) in [6.45, 7) is 4.45. The predicted molar refractivity (Wildman–Crippen MR) is 77.6 cm³/mol. The van der Waals surface area contributed by atoms with E-state index in [9.17, 15) is 0 Å². The summed E-state index contributed by atoms with van der Waals surface area (Å²) < 4.78 is 1.78. The van der Waals surface area contributed by atoms with Crippen LogP contribution in [0.25, 0.3) is 0 Å². The molecule has 19 heavy (non-hydrogen) atoms. The minimum absolute atomic E-state index is 0.594. The van der Waals surface area contributed by atoms with E-state index < -0.39 is 0 Å². The highest BCUT2D eigenvalue weighted by atomic mass is 35.5. The highest BCUT2D eigenvalue weighted by Gasteiger charge is 2.05. The summed E-state index contributed by atoms with van der Waals surface area (Å²) in [5.41, 5.74) is 1.91. The van der Waals surface area contributed by atoms with E-state index in [1.165, 1.54) is 0 Å². The summed E-state index contributed by atoms with van der Waals surface area (Å²) in [6, 6.07) is 5.46. The Labute approximate surface area is 122 Å². The fraction of sp³-hybridized carbons (Fsp3) is 0.385. The molecule has 1 aromatic carbocycles. The zero-order valence-electron chi connectivity index (χ0n) is 10.7. The van der Waals surface area contributed by atoms with Gasteiger partial charge in [-0.3, -0.25) is 0 Å². The van der Waals surface area contributed by atoms with Crippen LogP contribution >= 0.6 is 23.2 Å². The number of hydrogen-bond donors (Lipinski definition) is 1. The van der Waals surface area contributed by atoms with Gasteiger partial charge >= 0.3 is 0 Å². The summed E-state index contributed by atoms with van der Waals surface area (Å²) in [5.74, 6) is 0. The molecule has 0 fully saturated rings. The van der Waals surface area contributed by atoms with Crippen molar-refractivity contribution in [3.63, 3.8) is 0 Å². The smallest absolute Gasteiger partial charge is 0.0964 e. The lowest BCUT2D eigenvalue weighted by Crippen LogP contribution is -2.13. The van der Waals surface area contributed by atoms with Gasteiger partial charge in [0.05, 0.1) is 18.4 Å². The van der Waals surface area contributed by atoms with Gasteiger partial charge in [0.25, 0.3) is 0 Å². The van der Waals surface area contributed by atoms with Crippen molar-refractivity contribution in [1.29, 1.82) is 0 Å². The maximum atomic E-state index is 6.13. The lowest BCUT2D eigenvalue weighted by molar-refractivity contribution is 0.645. The summed E-state index contributed by atoms with van der Waals surface area (Å²) in [4.78, 5) is 0. The highest BCUT2D eigenvalue weighted by Crippen LogP contribution is 2.21. The van der Waals surface area contributed by atoms with Crippen molar-refractivity contribution in [1.82, 2.24) is 20.3 Å². The Bertz CT molecular complexity index is 539. The molecule has 0 aliphatic heterocycles. The van der Waals surface area contributed by atoms with Gasteiger partial charge in [-0.25, -0.2) is 4.68 Å². The molecule has 1 heterocycles. The number of nitrogens with one attached hydrogen (secondary N) is 1. The molecule has 0 radical (unpaired) electrons. The third-order valence-corrected chi connectivity index (χ3v) is 3.25. The summed E-state index contributed by atoms with van der Waals surface area (Å²) in [6.07, 6.45) is 3.03. The van der Waals surface area contributed by atoms with Crippen LogP contribution in [0, 0.1) is 0 Å². The van der Waals surface area contributed by atoms with Crippen molar-refractivity contribution < 1.29 is 0 Å². The summed E-state index contributed by atoms with van der Waals surface area (Å²) >= 11 is 12.0. The molecule has 1 N–H and O–H groups in total. The Morgan fingerprint density at radius 1 is 1.32 bits per heavy atom. The van der Waals surface area contributed by atoms with Gasteiger partial charge in [-0.2, -0.15) is 0 Å². The molecule has 102 valence electrons. The second kappa shape index (κ2) is 6.89. The normalized spacial score (nSPS) is 10.9. The fourth-order valence-corrected chi connectivity index (χ4v) is 2.18. The molecular weight excluding hydrogens is 283 g/mol. The van der Waals surface area contributed by atoms with Crippen LogP contribution in [-0.4, -0.2) is 21.5 Å². The van der Waals surface area contributed by atoms with E-state index in [2.05, 4.69) is 22.6 Å². The first kappa shape index (κ1) is 14.3. The molecule has 4 nitrogen and oxygen atoms in total. The largest absolute Gasteiger partial charge is 0.311 e. The molecule has 6 heteroatoms. The highest BCUT2D eigenvalue weighted by molar-refractivity contribution is 6.35. The van der Waals surface area contributed by atoms with Crippen molar-refractivity contribution in [3.8, 4) is 0 Å². The Kier molecular flexibility index (Phi) is 5.19. The van der Waals surface area contributed by atoms with Crippen LogP contribution in [-0.2, 0) is 13.1 Å². The second-order valence-electron chi connectivity index (χ2n) is 4.32. The first-order chi connectivity index (χ1) is 9.19. The Balaban J connectivity index is 1.99. The van der Waals surface area contributed by atoms with Gasteiger partial charge in [0.2, 0.25) is 0 Å². The van der Waals surface area contributed by atoms with Crippen molar-refractivity contribution in [2.45, 2.75) is 26.4 Å². The lowest BCUT2D eigenvalue weighted by atomic mass is 10.2. The van der Waals surface area contributed by atoms with E-state index >= 15 is 0 Å². The Hall–Kier alpha value is -1.10. The first-order valence-electron chi connectivity index (χ1n) is 6.22. The van der Waals surface area contributed by atoms with Crippen molar-refractivity contribution in [2.75, 3.05) is 6.54 Å². The Morgan fingerprint density at radius 2 is 2.16 bits per heavy atom. The van der Waals surface area contributed by atoms with E-state index in [0.29, 0.717) is 16.6 Å². The van der Waals surface area contributed by atoms with Crippen LogP contribution in [0.2, 0.25) is 10.0 Å². The van der Waals surface area contributed by atoms with Gasteiger partial charge in [-0.1, -0.05) is 41.4 Å². The number of benzene rings is 1. The second-order valence-corrected chi connectivity index (χ2v) is 5.16. The summed E-state index contributed by atoms with van der Waals surface area (Å²) in [5, 5.41) is 12.8. The topological polar surface area (TPSA) is 42.7 Å². The number of hydrogen-bond acceptors (Lipinski definition) is 3. The molecule has 0 aliphatic rings. The zero-order chi connectivity index (χ0) is 13.7. The molecule has 1 aromatic heterocycles. The minimum Gasteiger partial charge on any atom is -0.311 e. The van der Waals surface area contributed by atoms with Crippen LogP contribution in [0.15, 0.2) is 24.4 Å². The molecule has 0 unspecified atom stereocenters. The van der Waals surface area contributed by atoms with Crippen LogP contribution in [0.3, 0.4) is 0 Å². The van der Waals surface area contributed by atoms with Crippen molar-refractivity contribution >= 4 is 23.2 Å². The van der Waals surface area contributed by atoms with Crippen LogP contribution < -0.4 is 5.32 Å². The predicted octanol–water partition coefficient (Wildman–Crippen LogP) is 3.13. The van der Waals surface area contributed by atoms with Gasteiger partial charge in [0.1, 0.15) is 0 Å². The van der Waals surface area contributed by atoms with Crippen molar-refractivity contribution in [2.24, 2.45) is 0 Å². The van der Waals surface area contributed by atoms with Gasteiger partial charge in [0, 0.05) is 16.6 Å². The average molecular weight is 299 g/mol. The molecule has 2 rings (SSSR count). The standard InChI is InChI=1S/C13H16Cl2N4/c1-2-5-16-7-12-9-19(18-17-12)8-10-3-4-11(14)6-13(10)15/h3-4,6,9,16H,2,5,7-8H2,1H3. The van der Waals surface area contributed by atoms with Crippen LogP contribution in [0.1, 0.15) is 24.6 Å². The third kappa shape index (κ3) is 4.20. The zero-order valence-corrected chi connectivity index (χ0v) is 12.2. The van der Waals surface area contributed by atoms with Gasteiger partial charge in [-0.15, -0.1) is 5.10 Å². The molecule has 0 aliphatic carbocycles. The maximum absolute atomic E-state index is 6.13.